The Labute approximate surface area is 89.4 Å². The van der Waals surface area contributed by atoms with Gasteiger partial charge < -0.3 is 5.11 Å². The second-order valence-electron chi connectivity index (χ2n) is 4.52. The number of hydrogen-bond acceptors (Lipinski definition) is 1. The van der Waals surface area contributed by atoms with Crippen LogP contribution in [-0.2, 0) is 0 Å². The van der Waals surface area contributed by atoms with Gasteiger partial charge in [0, 0.05) is 5.39 Å². The molecule has 0 saturated heterocycles. The molecule has 2 aromatic carbocycles. The number of phenols is 1. The number of aromatic hydroxyl groups is 1. The van der Waals surface area contributed by atoms with Crippen LogP contribution in [0.1, 0.15) is 36.8 Å². The summed E-state index contributed by atoms with van der Waals surface area (Å²) in [6.07, 6.45) is 0. The molecule has 0 spiro atoms. The predicted molar refractivity (Wildman–Crippen MR) is 62.4 cm³/mol. The molecule has 0 amide bonds. The van der Waals surface area contributed by atoms with E-state index in [0.29, 0.717) is 17.6 Å². The average molecular weight is 198 g/mol. The molecule has 1 N–H and O–H groups in total. The number of hydrogen-bond donors (Lipinski definition) is 1. The van der Waals surface area contributed by atoms with Crippen molar-refractivity contribution in [3.05, 3.63) is 41.5 Å². The second-order valence-corrected chi connectivity index (χ2v) is 4.52. The van der Waals surface area contributed by atoms with Crippen LogP contribution in [0.15, 0.2) is 30.3 Å². The van der Waals surface area contributed by atoms with Crippen LogP contribution in [0.25, 0.3) is 10.8 Å². The molecule has 2 aromatic rings. The Bertz CT molecular complexity index is 528. The van der Waals surface area contributed by atoms with E-state index < -0.39 is 0 Å². The van der Waals surface area contributed by atoms with E-state index in [1.54, 1.807) is 0 Å². The minimum Gasteiger partial charge on any atom is -0.507 e. The van der Waals surface area contributed by atoms with E-state index in [2.05, 4.69) is 26.0 Å². The Morgan fingerprint density at radius 2 is 1.60 bits per heavy atom. The number of benzene rings is 2. The average Bonchev–Trinajstić information content (AvgIpc) is 2.50. The summed E-state index contributed by atoms with van der Waals surface area (Å²) in [6.45, 7) is 4.52. The lowest BCUT2D eigenvalue weighted by molar-refractivity contribution is 0.481. The molecule has 76 valence electrons. The van der Waals surface area contributed by atoms with Gasteiger partial charge in [-0.2, -0.15) is 0 Å². The topological polar surface area (TPSA) is 20.2 Å². The highest BCUT2D eigenvalue weighted by Crippen LogP contribution is 2.47. The van der Waals surface area contributed by atoms with Crippen molar-refractivity contribution >= 4 is 10.8 Å². The van der Waals surface area contributed by atoms with Crippen LogP contribution in [0.4, 0.5) is 0 Å². The number of phenolic OH excluding ortho intramolecular Hbond substituents is 1. The highest BCUT2D eigenvalue weighted by atomic mass is 16.3. The first-order valence-corrected chi connectivity index (χ1v) is 5.44. The maximum Gasteiger partial charge on any atom is 0.123 e. The van der Waals surface area contributed by atoms with Crippen molar-refractivity contribution in [1.82, 2.24) is 0 Å². The molecule has 15 heavy (non-hydrogen) atoms. The summed E-state index contributed by atoms with van der Waals surface area (Å²) >= 11 is 0. The Hall–Kier alpha value is -1.50. The van der Waals surface area contributed by atoms with Gasteiger partial charge in [0.25, 0.3) is 0 Å². The van der Waals surface area contributed by atoms with Gasteiger partial charge in [0.05, 0.1) is 0 Å². The fraction of sp³-hybridized carbons (Fsp3) is 0.286. The molecule has 2 atom stereocenters. The molecule has 0 saturated carbocycles. The maximum atomic E-state index is 9.82. The highest BCUT2D eigenvalue weighted by molar-refractivity contribution is 5.96. The zero-order valence-electron chi connectivity index (χ0n) is 8.99. The molecular weight excluding hydrogens is 184 g/mol. The van der Waals surface area contributed by atoms with Gasteiger partial charge in [-0.25, -0.2) is 0 Å². The van der Waals surface area contributed by atoms with Gasteiger partial charge >= 0.3 is 0 Å². The van der Waals surface area contributed by atoms with Crippen molar-refractivity contribution in [1.29, 1.82) is 0 Å². The largest absolute Gasteiger partial charge is 0.507 e. The Morgan fingerprint density at radius 3 is 2.33 bits per heavy atom. The molecule has 1 aliphatic rings. The normalized spacial score (nSPS) is 23.6. The van der Waals surface area contributed by atoms with Gasteiger partial charge in [-0.1, -0.05) is 38.1 Å². The van der Waals surface area contributed by atoms with Crippen LogP contribution in [0, 0.1) is 0 Å². The third-order valence-electron chi connectivity index (χ3n) is 3.81. The van der Waals surface area contributed by atoms with E-state index in [-0.39, 0.29) is 0 Å². The van der Waals surface area contributed by atoms with Crippen molar-refractivity contribution in [2.75, 3.05) is 0 Å². The first-order valence-electron chi connectivity index (χ1n) is 5.44. The zero-order chi connectivity index (χ0) is 10.6. The van der Waals surface area contributed by atoms with Gasteiger partial charge in [-0.05, 0) is 34.4 Å². The standard InChI is InChI=1S/C14H14O/c1-8-9(2)11-6-7-13(15)12-5-3-4-10(8)14(11)12/h3-9,15H,1-2H3. The molecule has 0 radical (unpaired) electrons. The monoisotopic (exact) mass is 198 g/mol. The zero-order valence-corrected chi connectivity index (χ0v) is 8.99. The lowest BCUT2D eigenvalue weighted by atomic mass is 9.94. The van der Waals surface area contributed by atoms with Crippen LogP contribution in [0.2, 0.25) is 0 Å². The van der Waals surface area contributed by atoms with E-state index in [0.717, 1.165) is 5.39 Å². The third kappa shape index (κ3) is 0.980. The molecule has 0 bridgehead atoms. The van der Waals surface area contributed by atoms with Crippen LogP contribution in [-0.4, -0.2) is 5.11 Å². The summed E-state index contributed by atoms with van der Waals surface area (Å²) in [7, 11) is 0. The SMILES string of the molecule is CC1c2cccc3c(O)ccc(c23)C1C. The predicted octanol–water partition coefficient (Wildman–Crippen LogP) is 3.77. The molecule has 1 nitrogen and oxygen atoms in total. The Morgan fingerprint density at radius 1 is 0.933 bits per heavy atom. The molecule has 0 heterocycles. The summed E-state index contributed by atoms with van der Waals surface area (Å²) < 4.78 is 0. The van der Waals surface area contributed by atoms with E-state index in [4.69, 9.17) is 0 Å². The van der Waals surface area contributed by atoms with Gasteiger partial charge in [0.2, 0.25) is 0 Å². The van der Waals surface area contributed by atoms with Gasteiger partial charge in [-0.15, -0.1) is 0 Å². The first-order chi connectivity index (χ1) is 7.20. The van der Waals surface area contributed by atoms with Crippen LogP contribution >= 0.6 is 0 Å². The fourth-order valence-electron chi connectivity index (χ4n) is 2.75. The summed E-state index contributed by atoms with van der Waals surface area (Å²) in [6, 6.07) is 10.1. The molecule has 0 aromatic heterocycles. The molecule has 1 aliphatic carbocycles. The summed E-state index contributed by atoms with van der Waals surface area (Å²) in [5.41, 5.74) is 2.76. The Balaban J connectivity index is 2.51. The lowest BCUT2D eigenvalue weighted by Gasteiger charge is -2.10. The van der Waals surface area contributed by atoms with Crippen LogP contribution < -0.4 is 0 Å². The summed E-state index contributed by atoms with van der Waals surface area (Å²) in [4.78, 5) is 0. The summed E-state index contributed by atoms with van der Waals surface area (Å²) in [5, 5.41) is 12.1. The second kappa shape index (κ2) is 2.75. The van der Waals surface area contributed by atoms with E-state index in [1.807, 2.05) is 18.2 Å². The minimum atomic E-state index is 0.400. The quantitative estimate of drug-likeness (QED) is 0.683. The fourth-order valence-corrected chi connectivity index (χ4v) is 2.75. The van der Waals surface area contributed by atoms with E-state index in [9.17, 15) is 5.11 Å². The van der Waals surface area contributed by atoms with Gasteiger partial charge in [-0.3, -0.25) is 0 Å². The van der Waals surface area contributed by atoms with Gasteiger partial charge in [0.15, 0.2) is 0 Å². The van der Waals surface area contributed by atoms with Crippen LogP contribution in [0.5, 0.6) is 5.75 Å². The minimum absolute atomic E-state index is 0.400. The first kappa shape index (κ1) is 8.78. The molecule has 1 heteroatoms. The maximum absolute atomic E-state index is 9.82. The van der Waals surface area contributed by atoms with Crippen molar-refractivity contribution in [3.63, 3.8) is 0 Å². The van der Waals surface area contributed by atoms with Crippen molar-refractivity contribution in [2.24, 2.45) is 0 Å². The summed E-state index contributed by atoms with van der Waals surface area (Å²) in [5.74, 6) is 1.52. The molecule has 0 fully saturated rings. The molecule has 3 rings (SSSR count). The van der Waals surface area contributed by atoms with Gasteiger partial charge in [0.1, 0.15) is 5.75 Å². The Kier molecular flexibility index (Phi) is 1.61. The van der Waals surface area contributed by atoms with Crippen LogP contribution in [0.3, 0.4) is 0 Å². The smallest absolute Gasteiger partial charge is 0.123 e. The highest BCUT2D eigenvalue weighted by Gasteiger charge is 2.28. The molecular formula is C14H14O. The molecule has 0 aliphatic heterocycles. The van der Waals surface area contributed by atoms with Crippen molar-refractivity contribution in [2.45, 2.75) is 25.7 Å². The van der Waals surface area contributed by atoms with Crippen molar-refractivity contribution < 1.29 is 5.11 Å². The number of rotatable bonds is 0. The molecule has 2 unspecified atom stereocenters. The van der Waals surface area contributed by atoms with E-state index >= 15 is 0 Å². The third-order valence-corrected chi connectivity index (χ3v) is 3.81. The van der Waals surface area contributed by atoms with Crippen molar-refractivity contribution in [3.8, 4) is 5.75 Å². The van der Waals surface area contributed by atoms with E-state index in [1.165, 1.54) is 16.5 Å². The lowest BCUT2D eigenvalue weighted by Crippen LogP contribution is -1.95.